The monoisotopic (exact) mass is 863 g/mol. The highest BCUT2D eigenvalue weighted by molar-refractivity contribution is 5.97. The van der Waals surface area contributed by atoms with Crippen molar-refractivity contribution in [1.29, 1.82) is 0 Å². The number of ketones is 1. The number of pyridine rings is 3. The van der Waals surface area contributed by atoms with E-state index in [4.69, 9.17) is 15.0 Å². The second-order valence-electron chi connectivity index (χ2n) is 17.8. The van der Waals surface area contributed by atoms with E-state index >= 15 is 0 Å². The van der Waals surface area contributed by atoms with E-state index in [1.807, 2.05) is 127 Å². The van der Waals surface area contributed by atoms with Crippen LogP contribution in [-0.4, -0.2) is 32.5 Å². The van der Waals surface area contributed by atoms with Crippen molar-refractivity contribution in [3.05, 3.63) is 186 Å². The van der Waals surface area contributed by atoms with Gasteiger partial charge in [0.1, 0.15) is 5.78 Å². The number of Topliss-reactive ketones (excluding diaryl/α,β-unsaturated/α-hetero) is 1. The number of hydrogen-bond acceptors (Lipinski definition) is 6. The van der Waals surface area contributed by atoms with Gasteiger partial charge in [0.2, 0.25) is 11.8 Å². The third-order valence-corrected chi connectivity index (χ3v) is 13.2. The van der Waals surface area contributed by atoms with Gasteiger partial charge in [-0.05, 0) is 123 Å². The number of nitrogens with one attached hydrogen (secondary N) is 2. The van der Waals surface area contributed by atoms with E-state index in [0.29, 0.717) is 30.6 Å². The maximum Gasteiger partial charge on any atom is 0.227 e. The minimum absolute atomic E-state index is 0.0165. The van der Waals surface area contributed by atoms with E-state index in [2.05, 4.69) is 67.8 Å². The van der Waals surface area contributed by atoms with E-state index in [0.717, 1.165) is 88.7 Å². The molecule has 10 rings (SSSR count). The molecule has 3 heterocycles. The quantitative estimate of drug-likeness (QED) is 0.142. The molecule has 9 aromatic rings. The number of fused-ring (bicyclic) bond motifs is 3. The number of aromatic nitrogens is 3. The van der Waals surface area contributed by atoms with Crippen LogP contribution < -0.4 is 10.6 Å². The van der Waals surface area contributed by atoms with Crippen molar-refractivity contribution in [1.82, 2.24) is 15.0 Å². The van der Waals surface area contributed by atoms with Gasteiger partial charge in [-0.1, -0.05) is 103 Å². The Bertz CT molecular complexity index is 2950. The van der Waals surface area contributed by atoms with Gasteiger partial charge in [-0.25, -0.2) is 15.0 Å². The van der Waals surface area contributed by atoms with Gasteiger partial charge < -0.3 is 10.6 Å². The number of nitrogens with zero attached hydrogens (tertiary/aromatic N) is 3. The fourth-order valence-electron chi connectivity index (χ4n) is 9.58. The molecule has 324 valence electrons. The summed E-state index contributed by atoms with van der Waals surface area (Å²) in [6.07, 6.45) is 1.24. The van der Waals surface area contributed by atoms with Gasteiger partial charge >= 0.3 is 0 Å². The molecule has 0 bridgehead atoms. The lowest BCUT2D eigenvalue weighted by Crippen LogP contribution is -2.39. The van der Waals surface area contributed by atoms with Crippen molar-refractivity contribution >= 4 is 61.7 Å². The van der Waals surface area contributed by atoms with Crippen LogP contribution in [0.15, 0.2) is 164 Å². The predicted molar refractivity (Wildman–Crippen MR) is 266 cm³/mol. The SMILES string of the molecule is Cc1cc(-c2ccc(CC(=O)C3CC(C(=O)Nc4ccc(-c5cc(C)c6ccccc6n5)cc4)CC(C(=O)Nc4ccc(-c5cc(C)c6ccccc6n5)cc4)C3)cc2)nc2ccccc12. The van der Waals surface area contributed by atoms with Crippen molar-refractivity contribution in [2.75, 3.05) is 10.6 Å². The Kier molecular flexibility index (Phi) is 11.5. The first kappa shape index (κ1) is 42.1. The van der Waals surface area contributed by atoms with Gasteiger partial charge in [-0.3, -0.25) is 14.4 Å². The highest BCUT2D eigenvalue weighted by Gasteiger charge is 2.39. The molecule has 0 radical (unpaired) electrons. The number of anilines is 2. The van der Waals surface area contributed by atoms with Crippen molar-refractivity contribution in [2.45, 2.75) is 46.5 Å². The van der Waals surface area contributed by atoms with E-state index in [-0.39, 0.29) is 24.0 Å². The van der Waals surface area contributed by atoms with E-state index in [9.17, 15) is 14.4 Å². The number of amides is 2. The van der Waals surface area contributed by atoms with Gasteiger partial charge in [0.15, 0.2) is 0 Å². The highest BCUT2D eigenvalue weighted by atomic mass is 16.2. The third kappa shape index (κ3) is 8.82. The minimum atomic E-state index is -0.554. The molecule has 0 saturated heterocycles. The van der Waals surface area contributed by atoms with Crippen LogP contribution in [0.4, 0.5) is 11.4 Å². The van der Waals surface area contributed by atoms with Crippen molar-refractivity contribution in [2.24, 2.45) is 17.8 Å². The molecule has 2 atom stereocenters. The number of para-hydroxylation sites is 3. The summed E-state index contributed by atoms with van der Waals surface area (Å²) in [5, 5.41) is 9.58. The number of carbonyl (C=O) groups is 3. The Balaban J connectivity index is 0.860. The fourth-order valence-corrected chi connectivity index (χ4v) is 9.58. The molecule has 1 aliphatic carbocycles. The Labute approximate surface area is 384 Å². The average Bonchev–Trinajstić information content (AvgIpc) is 3.34. The molecule has 3 aromatic heterocycles. The van der Waals surface area contributed by atoms with Crippen LogP contribution in [0, 0.1) is 38.5 Å². The number of aryl methyl sites for hydroxylation is 3. The maximum atomic E-state index is 14.2. The van der Waals surface area contributed by atoms with Crippen LogP contribution >= 0.6 is 0 Å². The Hall–Kier alpha value is -7.84. The highest BCUT2D eigenvalue weighted by Crippen LogP contribution is 2.37. The Morgan fingerprint density at radius 1 is 0.439 bits per heavy atom. The molecule has 1 saturated carbocycles. The predicted octanol–water partition coefficient (Wildman–Crippen LogP) is 12.7. The van der Waals surface area contributed by atoms with Crippen molar-refractivity contribution in [3.63, 3.8) is 0 Å². The number of rotatable bonds is 10. The molecule has 8 nitrogen and oxygen atoms in total. The first-order valence-corrected chi connectivity index (χ1v) is 22.7. The van der Waals surface area contributed by atoms with E-state index < -0.39 is 17.8 Å². The summed E-state index contributed by atoms with van der Waals surface area (Å²) in [5.74, 6) is -1.98. The minimum Gasteiger partial charge on any atom is -0.326 e. The summed E-state index contributed by atoms with van der Waals surface area (Å²) in [6.45, 7) is 6.26. The van der Waals surface area contributed by atoms with E-state index in [1.54, 1.807) is 0 Å². The largest absolute Gasteiger partial charge is 0.326 e. The van der Waals surface area contributed by atoms with Crippen LogP contribution in [0.1, 0.15) is 41.5 Å². The lowest BCUT2D eigenvalue weighted by Gasteiger charge is -2.33. The number of carbonyl (C=O) groups excluding carboxylic acids is 3. The molecule has 6 aromatic carbocycles. The summed E-state index contributed by atoms with van der Waals surface area (Å²) in [4.78, 5) is 57.2. The topological polar surface area (TPSA) is 114 Å². The fraction of sp³-hybridized carbons (Fsp3) is 0.172. The lowest BCUT2D eigenvalue weighted by molar-refractivity contribution is -0.130. The van der Waals surface area contributed by atoms with Gasteiger partial charge in [0, 0.05) is 68.4 Å². The van der Waals surface area contributed by atoms with Crippen LogP contribution in [-0.2, 0) is 20.8 Å². The molecule has 2 N–H and O–H groups in total. The molecule has 1 aliphatic rings. The first-order valence-electron chi connectivity index (χ1n) is 22.7. The molecule has 0 spiro atoms. The Morgan fingerprint density at radius 2 is 0.773 bits per heavy atom. The molecule has 1 fully saturated rings. The maximum absolute atomic E-state index is 14.2. The summed E-state index contributed by atoms with van der Waals surface area (Å²) in [5.41, 5.74) is 13.8. The summed E-state index contributed by atoms with van der Waals surface area (Å²) in [6, 6.07) is 53.9. The van der Waals surface area contributed by atoms with Crippen LogP contribution in [0.5, 0.6) is 0 Å². The average molecular weight is 864 g/mol. The molecule has 2 unspecified atom stereocenters. The standard InChI is InChI=1S/C58H49N5O3/c1-35-28-53(61-50-13-7-4-10-47(35)50)39-18-16-38(17-19-39)31-56(64)42-32-43(57(65)59-45-24-20-40(21-25-45)54-29-36(2)48-11-5-8-14-51(48)62-54)34-44(33-42)58(66)60-46-26-22-41(23-27-46)55-30-37(3)49-12-6-9-15-52(49)63-55/h4-30,42-44H,31-34H2,1-3H3,(H,59,65)(H,60,66). The van der Waals surface area contributed by atoms with Crippen LogP contribution in [0.25, 0.3) is 66.5 Å². The second-order valence-corrected chi connectivity index (χ2v) is 17.8. The number of benzene rings is 6. The summed E-state index contributed by atoms with van der Waals surface area (Å²) >= 11 is 0. The lowest BCUT2D eigenvalue weighted by atomic mass is 9.72. The zero-order chi connectivity index (χ0) is 45.3. The van der Waals surface area contributed by atoms with Gasteiger partial charge in [0.25, 0.3) is 0 Å². The number of hydrogen-bond donors (Lipinski definition) is 2. The molecule has 8 heteroatoms. The van der Waals surface area contributed by atoms with E-state index in [1.165, 1.54) is 0 Å². The van der Waals surface area contributed by atoms with Crippen molar-refractivity contribution in [3.8, 4) is 33.8 Å². The third-order valence-electron chi connectivity index (χ3n) is 13.2. The smallest absolute Gasteiger partial charge is 0.227 e. The van der Waals surface area contributed by atoms with Crippen LogP contribution in [0.3, 0.4) is 0 Å². The summed E-state index contributed by atoms with van der Waals surface area (Å²) in [7, 11) is 0. The zero-order valence-corrected chi connectivity index (χ0v) is 37.2. The molecular weight excluding hydrogens is 815 g/mol. The molecular formula is C58H49N5O3. The summed E-state index contributed by atoms with van der Waals surface area (Å²) < 4.78 is 0. The zero-order valence-electron chi connectivity index (χ0n) is 37.2. The van der Waals surface area contributed by atoms with Gasteiger partial charge in [-0.15, -0.1) is 0 Å². The molecule has 2 amide bonds. The normalized spacial score (nSPS) is 16.0. The van der Waals surface area contributed by atoms with Gasteiger partial charge in [0.05, 0.1) is 33.6 Å². The van der Waals surface area contributed by atoms with Gasteiger partial charge in [-0.2, -0.15) is 0 Å². The van der Waals surface area contributed by atoms with Crippen molar-refractivity contribution < 1.29 is 14.4 Å². The molecule has 0 aliphatic heterocycles. The van der Waals surface area contributed by atoms with Crippen LogP contribution in [0.2, 0.25) is 0 Å². The second kappa shape index (κ2) is 18.0. The Morgan fingerprint density at radius 3 is 1.15 bits per heavy atom. The first-order chi connectivity index (χ1) is 32.1. The molecule has 66 heavy (non-hydrogen) atoms.